The van der Waals surface area contributed by atoms with E-state index in [1.807, 2.05) is 26.0 Å². The van der Waals surface area contributed by atoms with E-state index in [-0.39, 0.29) is 18.2 Å². The number of primary amides is 1. The SMILES string of the molecule is Cc1cc(C)cc(C(=O)N[C@@H](C(N)=O)[C@H](C)CC#N)c1. The highest BCUT2D eigenvalue weighted by Crippen LogP contribution is 2.11. The van der Waals surface area contributed by atoms with Gasteiger partial charge in [-0.15, -0.1) is 0 Å². The number of benzene rings is 1. The minimum atomic E-state index is -0.844. The van der Waals surface area contributed by atoms with E-state index in [4.69, 9.17) is 11.0 Å². The lowest BCUT2D eigenvalue weighted by molar-refractivity contribution is -0.120. The van der Waals surface area contributed by atoms with Crippen LogP contribution in [0.15, 0.2) is 18.2 Å². The van der Waals surface area contributed by atoms with E-state index in [1.165, 1.54) is 0 Å². The van der Waals surface area contributed by atoms with Crippen LogP contribution < -0.4 is 11.1 Å². The predicted molar refractivity (Wildman–Crippen MR) is 75.8 cm³/mol. The number of hydrogen-bond donors (Lipinski definition) is 2. The van der Waals surface area contributed by atoms with Crippen LogP contribution in [0.4, 0.5) is 0 Å². The molecule has 3 N–H and O–H groups in total. The number of nitrogens with one attached hydrogen (secondary N) is 1. The third kappa shape index (κ3) is 4.09. The van der Waals surface area contributed by atoms with E-state index in [2.05, 4.69) is 5.32 Å². The van der Waals surface area contributed by atoms with Crippen molar-refractivity contribution < 1.29 is 9.59 Å². The molecule has 1 rings (SSSR count). The second kappa shape index (κ2) is 6.71. The molecule has 0 aliphatic carbocycles. The first kappa shape index (κ1) is 15.7. The zero-order valence-corrected chi connectivity index (χ0v) is 11.9. The van der Waals surface area contributed by atoms with Gasteiger partial charge in [-0.25, -0.2) is 0 Å². The molecule has 2 amide bonds. The summed E-state index contributed by atoms with van der Waals surface area (Å²) in [5, 5.41) is 11.3. The van der Waals surface area contributed by atoms with Crippen LogP contribution in [0.2, 0.25) is 0 Å². The number of aryl methyl sites for hydroxylation is 2. The Morgan fingerprint density at radius 2 is 1.85 bits per heavy atom. The summed E-state index contributed by atoms with van der Waals surface area (Å²) in [7, 11) is 0. The van der Waals surface area contributed by atoms with Crippen LogP contribution in [-0.2, 0) is 4.79 Å². The Morgan fingerprint density at radius 1 is 1.30 bits per heavy atom. The van der Waals surface area contributed by atoms with Gasteiger partial charge in [0.25, 0.3) is 5.91 Å². The molecule has 0 saturated heterocycles. The Labute approximate surface area is 118 Å². The van der Waals surface area contributed by atoms with E-state index in [9.17, 15) is 9.59 Å². The number of rotatable bonds is 5. The molecule has 1 aromatic rings. The maximum atomic E-state index is 12.2. The summed E-state index contributed by atoms with van der Waals surface area (Å²) in [5.74, 6) is -1.32. The average Bonchev–Trinajstić information content (AvgIpc) is 2.34. The summed E-state index contributed by atoms with van der Waals surface area (Å²) in [6, 6.07) is 6.58. The zero-order chi connectivity index (χ0) is 15.3. The molecule has 5 nitrogen and oxygen atoms in total. The van der Waals surface area contributed by atoms with E-state index in [0.29, 0.717) is 5.56 Å². The highest BCUT2D eigenvalue weighted by molar-refractivity contribution is 5.97. The van der Waals surface area contributed by atoms with Crippen molar-refractivity contribution in [3.05, 3.63) is 34.9 Å². The minimum absolute atomic E-state index is 0.154. The number of amides is 2. The number of carbonyl (C=O) groups excluding carboxylic acids is 2. The normalized spacial score (nSPS) is 13.1. The van der Waals surface area contributed by atoms with Gasteiger partial charge in [0, 0.05) is 12.0 Å². The number of nitrogens with two attached hydrogens (primary N) is 1. The first-order valence-corrected chi connectivity index (χ1v) is 6.40. The van der Waals surface area contributed by atoms with Crippen molar-refractivity contribution in [1.82, 2.24) is 5.32 Å². The Hall–Kier alpha value is -2.35. The van der Waals surface area contributed by atoms with Crippen LogP contribution in [0.25, 0.3) is 0 Å². The van der Waals surface area contributed by atoms with Gasteiger partial charge >= 0.3 is 0 Å². The van der Waals surface area contributed by atoms with Crippen molar-refractivity contribution in [3.8, 4) is 6.07 Å². The molecule has 1 aromatic carbocycles. The quantitative estimate of drug-likeness (QED) is 0.849. The van der Waals surface area contributed by atoms with Crippen LogP contribution in [0.3, 0.4) is 0 Å². The third-order valence-corrected chi connectivity index (χ3v) is 3.06. The Kier molecular flexibility index (Phi) is 5.27. The number of hydrogen-bond acceptors (Lipinski definition) is 3. The van der Waals surface area contributed by atoms with Crippen molar-refractivity contribution in [2.24, 2.45) is 11.7 Å². The molecule has 0 radical (unpaired) electrons. The molecule has 5 heteroatoms. The molecule has 0 saturated carbocycles. The fourth-order valence-corrected chi connectivity index (χ4v) is 2.09. The van der Waals surface area contributed by atoms with Crippen molar-refractivity contribution >= 4 is 11.8 Å². The first-order valence-electron chi connectivity index (χ1n) is 6.40. The number of carbonyl (C=O) groups is 2. The molecule has 0 fully saturated rings. The summed E-state index contributed by atoms with van der Waals surface area (Å²) in [6.07, 6.45) is 0.154. The Balaban J connectivity index is 2.91. The van der Waals surface area contributed by atoms with E-state index in [1.54, 1.807) is 19.1 Å². The lowest BCUT2D eigenvalue weighted by Gasteiger charge is -2.20. The van der Waals surface area contributed by atoms with E-state index in [0.717, 1.165) is 11.1 Å². The summed E-state index contributed by atoms with van der Waals surface area (Å²) in [5.41, 5.74) is 7.71. The van der Waals surface area contributed by atoms with Gasteiger partial charge in [-0.1, -0.05) is 24.1 Å². The first-order chi connectivity index (χ1) is 9.35. The van der Waals surface area contributed by atoms with Gasteiger partial charge in [0.2, 0.25) is 5.91 Å². The summed E-state index contributed by atoms with van der Waals surface area (Å²) < 4.78 is 0. The maximum Gasteiger partial charge on any atom is 0.251 e. The molecular formula is C15H19N3O2. The van der Waals surface area contributed by atoms with E-state index < -0.39 is 11.9 Å². The van der Waals surface area contributed by atoms with Crippen molar-refractivity contribution in [1.29, 1.82) is 5.26 Å². The largest absolute Gasteiger partial charge is 0.368 e. The van der Waals surface area contributed by atoms with Gasteiger partial charge in [-0.3, -0.25) is 9.59 Å². The van der Waals surface area contributed by atoms with E-state index >= 15 is 0 Å². The molecule has 0 aliphatic rings. The molecule has 0 bridgehead atoms. The van der Waals surface area contributed by atoms with Gasteiger partial charge in [0.1, 0.15) is 6.04 Å². The monoisotopic (exact) mass is 273 g/mol. The van der Waals surface area contributed by atoms with Crippen LogP contribution in [0.1, 0.15) is 34.8 Å². The zero-order valence-electron chi connectivity index (χ0n) is 11.9. The fraction of sp³-hybridized carbons (Fsp3) is 0.400. The summed E-state index contributed by atoms with van der Waals surface area (Å²) in [6.45, 7) is 5.50. The molecule has 0 aromatic heterocycles. The summed E-state index contributed by atoms with van der Waals surface area (Å²) in [4.78, 5) is 23.6. The Bertz CT molecular complexity index is 540. The highest BCUT2D eigenvalue weighted by Gasteiger charge is 2.25. The lowest BCUT2D eigenvalue weighted by atomic mass is 9.97. The molecule has 20 heavy (non-hydrogen) atoms. The predicted octanol–water partition coefficient (Wildman–Crippen LogP) is 1.44. The number of nitrogens with zero attached hydrogens (tertiary/aromatic N) is 1. The summed E-state index contributed by atoms with van der Waals surface area (Å²) >= 11 is 0. The molecule has 0 unspecified atom stereocenters. The van der Waals surface area contributed by atoms with Crippen LogP contribution in [0, 0.1) is 31.1 Å². The molecule has 0 spiro atoms. The smallest absolute Gasteiger partial charge is 0.251 e. The fourth-order valence-electron chi connectivity index (χ4n) is 2.09. The van der Waals surface area contributed by atoms with Crippen LogP contribution in [-0.4, -0.2) is 17.9 Å². The minimum Gasteiger partial charge on any atom is -0.368 e. The highest BCUT2D eigenvalue weighted by atomic mass is 16.2. The molecule has 2 atom stereocenters. The average molecular weight is 273 g/mol. The Morgan fingerprint density at radius 3 is 2.30 bits per heavy atom. The topological polar surface area (TPSA) is 96.0 Å². The second-order valence-electron chi connectivity index (χ2n) is 5.07. The van der Waals surface area contributed by atoms with Crippen molar-refractivity contribution in [3.63, 3.8) is 0 Å². The molecular weight excluding hydrogens is 254 g/mol. The lowest BCUT2D eigenvalue weighted by Crippen LogP contribution is -2.48. The third-order valence-electron chi connectivity index (χ3n) is 3.06. The number of nitriles is 1. The van der Waals surface area contributed by atoms with Gasteiger partial charge < -0.3 is 11.1 Å². The standard InChI is InChI=1S/C15H19N3O2/c1-9-6-10(2)8-12(7-9)15(20)18-13(14(17)19)11(3)4-5-16/h6-8,11,13H,4H2,1-3H3,(H2,17,19)(H,18,20)/t11-,13-/m1/s1. The van der Waals surface area contributed by atoms with Gasteiger partial charge in [-0.05, 0) is 31.9 Å². The maximum absolute atomic E-state index is 12.2. The van der Waals surface area contributed by atoms with Gasteiger partial charge in [0.05, 0.1) is 6.07 Å². The van der Waals surface area contributed by atoms with Crippen molar-refractivity contribution in [2.75, 3.05) is 0 Å². The molecule has 0 heterocycles. The van der Waals surface area contributed by atoms with Crippen LogP contribution >= 0.6 is 0 Å². The van der Waals surface area contributed by atoms with Gasteiger partial charge in [-0.2, -0.15) is 5.26 Å². The second-order valence-corrected chi connectivity index (χ2v) is 5.07. The molecule has 0 aliphatic heterocycles. The van der Waals surface area contributed by atoms with Crippen molar-refractivity contribution in [2.45, 2.75) is 33.2 Å². The van der Waals surface area contributed by atoms with Crippen LogP contribution in [0.5, 0.6) is 0 Å². The van der Waals surface area contributed by atoms with Gasteiger partial charge in [0.15, 0.2) is 0 Å². The molecule has 106 valence electrons.